The third-order valence-electron chi connectivity index (χ3n) is 5.22. The summed E-state index contributed by atoms with van der Waals surface area (Å²) in [5.74, 6) is 0.767. The lowest BCUT2D eigenvalue weighted by atomic mass is 10.1. The van der Waals surface area contributed by atoms with Crippen LogP contribution in [0.1, 0.15) is 24.1 Å². The molecular weight excluding hydrogens is 440 g/mol. The number of benzene rings is 3. The molecular formula is C25H28N2O5S. The molecule has 0 saturated heterocycles. The maximum absolute atomic E-state index is 13.4. The fourth-order valence-electron chi connectivity index (χ4n) is 3.42. The number of anilines is 1. The van der Waals surface area contributed by atoms with Gasteiger partial charge in [-0.1, -0.05) is 35.9 Å². The molecule has 0 radical (unpaired) electrons. The van der Waals surface area contributed by atoms with Crippen molar-refractivity contribution in [2.75, 3.05) is 25.1 Å². The van der Waals surface area contributed by atoms with Crippen LogP contribution in [0.4, 0.5) is 5.69 Å². The Morgan fingerprint density at radius 2 is 1.64 bits per heavy atom. The summed E-state index contributed by atoms with van der Waals surface area (Å²) in [4.78, 5) is 13.1. The molecule has 3 rings (SSSR count). The van der Waals surface area contributed by atoms with Crippen molar-refractivity contribution in [3.05, 3.63) is 83.9 Å². The van der Waals surface area contributed by atoms with Crippen LogP contribution in [0.2, 0.25) is 0 Å². The van der Waals surface area contributed by atoms with Gasteiger partial charge in [-0.05, 0) is 56.3 Å². The molecule has 0 aromatic heterocycles. The zero-order valence-electron chi connectivity index (χ0n) is 19.1. The van der Waals surface area contributed by atoms with Gasteiger partial charge in [0.1, 0.15) is 18.0 Å². The number of sulfonamides is 1. The molecule has 8 heteroatoms. The zero-order chi connectivity index (χ0) is 24.0. The lowest BCUT2D eigenvalue weighted by Crippen LogP contribution is -2.41. The first-order chi connectivity index (χ1) is 15.8. The van der Waals surface area contributed by atoms with Crippen LogP contribution >= 0.6 is 0 Å². The van der Waals surface area contributed by atoms with Crippen LogP contribution in [0.3, 0.4) is 0 Å². The van der Waals surface area contributed by atoms with E-state index in [-0.39, 0.29) is 11.4 Å². The summed E-state index contributed by atoms with van der Waals surface area (Å²) < 4.78 is 38.6. The monoisotopic (exact) mass is 468 g/mol. The average molecular weight is 469 g/mol. The molecule has 0 fully saturated rings. The molecule has 7 nitrogen and oxygen atoms in total. The Morgan fingerprint density at radius 3 is 2.24 bits per heavy atom. The van der Waals surface area contributed by atoms with Gasteiger partial charge in [-0.15, -0.1) is 0 Å². The minimum atomic E-state index is -3.96. The summed E-state index contributed by atoms with van der Waals surface area (Å²) in [7, 11) is -0.853. The Hall–Kier alpha value is -3.52. The number of ether oxygens (including phenoxy) is 2. The number of carbonyl (C=O) groups excluding carboxylic acids is 1. The van der Waals surface area contributed by atoms with E-state index in [4.69, 9.17) is 9.47 Å². The standard InChI is InChI=1S/C25H28N2O5S/c1-18-10-12-20(13-11-18)27(33(29,30)22-8-6-5-7-9-22)17-25(28)26-19(2)23-16-21(31-3)14-15-24(23)32-4/h5-16,19H,17H2,1-4H3,(H,26,28). The van der Waals surface area contributed by atoms with Crippen molar-refractivity contribution in [1.29, 1.82) is 0 Å². The number of hydrogen-bond acceptors (Lipinski definition) is 5. The quantitative estimate of drug-likeness (QED) is 0.511. The van der Waals surface area contributed by atoms with Gasteiger partial charge in [-0.2, -0.15) is 0 Å². The third-order valence-corrected chi connectivity index (χ3v) is 7.01. The molecule has 1 unspecified atom stereocenters. The van der Waals surface area contributed by atoms with Crippen molar-refractivity contribution in [1.82, 2.24) is 5.32 Å². The molecule has 1 atom stereocenters. The van der Waals surface area contributed by atoms with E-state index in [0.29, 0.717) is 17.2 Å². The number of aryl methyl sites for hydroxylation is 1. The molecule has 3 aromatic rings. The van der Waals surface area contributed by atoms with E-state index in [1.54, 1.807) is 69.7 Å². The van der Waals surface area contributed by atoms with Crippen LogP contribution in [-0.2, 0) is 14.8 Å². The maximum Gasteiger partial charge on any atom is 0.264 e. The molecule has 0 aliphatic heterocycles. The maximum atomic E-state index is 13.4. The van der Waals surface area contributed by atoms with Crippen LogP contribution in [0.15, 0.2) is 77.7 Å². The van der Waals surface area contributed by atoms with E-state index in [0.717, 1.165) is 15.4 Å². The van der Waals surface area contributed by atoms with E-state index >= 15 is 0 Å². The first-order valence-electron chi connectivity index (χ1n) is 10.4. The SMILES string of the molecule is COc1ccc(OC)c(C(C)NC(=O)CN(c2ccc(C)cc2)S(=O)(=O)c2ccccc2)c1. The van der Waals surface area contributed by atoms with Gasteiger partial charge in [0.25, 0.3) is 10.0 Å². The smallest absolute Gasteiger partial charge is 0.264 e. The predicted octanol–water partition coefficient (Wildman–Crippen LogP) is 4.08. The van der Waals surface area contributed by atoms with Crippen LogP contribution in [0.25, 0.3) is 0 Å². The lowest BCUT2D eigenvalue weighted by Gasteiger charge is -2.25. The third kappa shape index (κ3) is 5.64. The Balaban J connectivity index is 1.89. The van der Waals surface area contributed by atoms with Gasteiger partial charge in [0.15, 0.2) is 0 Å². The van der Waals surface area contributed by atoms with Gasteiger partial charge in [-0.3, -0.25) is 9.10 Å². The first-order valence-corrected chi connectivity index (χ1v) is 11.9. The molecule has 0 aliphatic rings. The van der Waals surface area contributed by atoms with Crippen molar-refractivity contribution in [3.63, 3.8) is 0 Å². The van der Waals surface area contributed by atoms with Crippen molar-refractivity contribution in [2.45, 2.75) is 24.8 Å². The van der Waals surface area contributed by atoms with Crippen LogP contribution < -0.4 is 19.1 Å². The van der Waals surface area contributed by atoms with Crippen molar-refractivity contribution < 1.29 is 22.7 Å². The van der Waals surface area contributed by atoms with E-state index in [2.05, 4.69) is 5.32 Å². The second kappa shape index (κ2) is 10.4. The van der Waals surface area contributed by atoms with Gasteiger partial charge >= 0.3 is 0 Å². The largest absolute Gasteiger partial charge is 0.497 e. The van der Waals surface area contributed by atoms with E-state index in [1.807, 2.05) is 19.1 Å². The Morgan fingerprint density at radius 1 is 0.970 bits per heavy atom. The average Bonchev–Trinajstić information content (AvgIpc) is 2.83. The summed E-state index contributed by atoms with van der Waals surface area (Å²) in [6.07, 6.45) is 0. The summed E-state index contributed by atoms with van der Waals surface area (Å²) in [5, 5.41) is 2.88. The van der Waals surface area contributed by atoms with Gasteiger partial charge < -0.3 is 14.8 Å². The van der Waals surface area contributed by atoms with Crippen LogP contribution in [0.5, 0.6) is 11.5 Å². The summed E-state index contributed by atoms with van der Waals surface area (Å²) >= 11 is 0. The minimum Gasteiger partial charge on any atom is -0.497 e. The first kappa shape index (κ1) is 24.1. The van der Waals surface area contributed by atoms with Gasteiger partial charge in [0, 0.05) is 5.56 Å². The highest BCUT2D eigenvalue weighted by atomic mass is 32.2. The summed E-state index contributed by atoms with van der Waals surface area (Å²) in [6, 6.07) is 19.9. The van der Waals surface area contributed by atoms with Gasteiger partial charge in [-0.25, -0.2) is 8.42 Å². The number of rotatable bonds is 9. The second-order valence-corrected chi connectivity index (χ2v) is 9.42. The van der Waals surface area contributed by atoms with Gasteiger partial charge in [0.2, 0.25) is 5.91 Å². The fourth-order valence-corrected chi connectivity index (χ4v) is 4.86. The molecule has 3 aromatic carbocycles. The normalized spacial score (nSPS) is 12.0. The number of nitrogens with zero attached hydrogens (tertiary/aromatic N) is 1. The fraction of sp³-hybridized carbons (Fsp3) is 0.240. The second-order valence-electron chi connectivity index (χ2n) is 7.56. The molecule has 0 heterocycles. The highest BCUT2D eigenvalue weighted by molar-refractivity contribution is 7.92. The number of nitrogens with one attached hydrogen (secondary N) is 1. The molecule has 33 heavy (non-hydrogen) atoms. The molecule has 174 valence electrons. The highest BCUT2D eigenvalue weighted by Gasteiger charge is 2.28. The van der Waals surface area contributed by atoms with Gasteiger partial charge in [0.05, 0.1) is 30.8 Å². The Bertz CT molecular complexity index is 1200. The predicted molar refractivity (Wildman–Crippen MR) is 128 cm³/mol. The van der Waals surface area contributed by atoms with Crippen LogP contribution in [0, 0.1) is 6.92 Å². The topological polar surface area (TPSA) is 84.9 Å². The summed E-state index contributed by atoms with van der Waals surface area (Å²) in [5.41, 5.74) is 2.11. The molecule has 1 amide bonds. The zero-order valence-corrected chi connectivity index (χ0v) is 19.9. The molecule has 0 spiro atoms. The molecule has 0 aliphatic carbocycles. The van der Waals surface area contributed by atoms with E-state index in [9.17, 15) is 13.2 Å². The number of methoxy groups -OCH3 is 2. The van der Waals surface area contributed by atoms with E-state index in [1.165, 1.54) is 12.1 Å². The Labute approximate surface area is 195 Å². The van der Waals surface area contributed by atoms with Crippen molar-refractivity contribution >= 4 is 21.6 Å². The molecule has 0 bridgehead atoms. The number of hydrogen-bond donors (Lipinski definition) is 1. The number of amides is 1. The molecule has 1 N–H and O–H groups in total. The summed E-state index contributed by atoms with van der Waals surface area (Å²) in [6.45, 7) is 3.34. The number of carbonyl (C=O) groups is 1. The Kier molecular flexibility index (Phi) is 7.60. The lowest BCUT2D eigenvalue weighted by molar-refractivity contribution is -0.120. The highest BCUT2D eigenvalue weighted by Crippen LogP contribution is 2.29. The van der Waals surface area contributed by atoms with E-state index < -0.39 is 22.0 Å². The van der Waals surface area contributed by atoms with Crippen LogP contribution in [-0.4, -0.2) is 35.1 Å². The van der Waals surface area contributed by atoms with Crippen molar-refractivity contribution in [2.24, 2.45) is 0 Å². The minimum absolute atomic E-state index is 0.112. The molecule has 0 saturated carbocycles. The van der Waals surface area contributed by atoms with Crippen molar-refractivity contribution in [3.8, 4) is 11.5 Å².